The largest absolute Gasteiger partial charge is 0.205 e. The third-order valence-electron chi connectivity index (χ3n) is 6.17. The number of aryl methyl sites for hydroxylation is 1. The molecule has 0 spiro atoms. The minimum absolute atomic E-state index is 0.177. The Kier molecular flexibility index (Phi) is 9.25. The number of hydrogen-bond acceptors (Lipinski definition) is 2. The molecule has 32 heavy (non-hydrogen) atoms. The standard InChI is InChI=1S/C29H30FNS/c1-3-5-6-22-7-9-23(10-8-22)13-16-27-17-14-24(19-26(27)4-2)11-12-25-15-18-29(31-21-32)28(30)20-25/h14-15,17-20,22-23H,3-10H2,1-2H3. The minimum atomic E-state index is -0.451. The van der Waals surface area contributed by atoms with Crippen molar-refractivity contribution in [2.45, 2.75) is 65.2 Å². The van der Waals surface area contributed by atoms with Gasteiger partial charge in [-0.25, -0.2) is 4.39 Å². The molecule has 1 aliphatic rings. The molecular formula is C29H30FNS. The number of thiocarbonyl (C=S) groups is 1. The molecule has 2 aromatic carbocycles. The molecular weight excluding hydrogens is 413 g/mol. The highest BCUT2D eigenvalue weighted by molar-refractivity contribution is 7.78. The van der Waals surface area contributed by atoms with Gasteiger partial charge in [0, 0.05) is 22.6 Å². The van der Waals surface area contributed by atoms with E-state index in [0.717, 1.165) is 23.5 Å². The maximum absolute atomic E-state index is 14.0. The minimum Gasteiger partial charge on any atom is -0.205 e. The summed E-state index contributed by atoms with van der Waals surface area (Å²) in [5.41, 5.74) is 3.99. The smallest absolute Gasteiger partial charge is 0.150 e. The first kappa shape index (κ1) is 23.9. The number of isothiocyanates is 1. The summed E-state index contributed by atoms with van der Waals surface area (Å²) in [6, 6.07) is 10.8. The predicted octanol–water partition coefficient (Wildman–Crippen LogP) is 7.87. The lowest BCUT2D eigenvalue weighted by molar-refractivity contribution is 0.296. The maximum Gasteiger partial charge on any atom is 0.150 e. The van der Waals surface area contributed by atoms with Gasteiger partial charge in [0.25, 0.3) is 0 Å². The molecule has 0 saturated heterocycles. The van der Waals surface area contributed by atoms with Crippen molar-refractivity contribution in [2.24, 2.45) is 16.8 Å². The summed E-state index contributed by atoms with van der Waals surface area (Å²) in [5, 5.41) is 2.18. The van der Waals surface area contributed by atoms with Crippen molar-refractivity contribution in [1.82, 2.24) is 0 Å². The fourth-order valence-electron chi connectivity index (χ4n) is 4.22. The summed E-state index contributed by atoms with van der Waals surface area (Å²) >= 11 is 4.53. The number of rotatable bonds is 5. The first-order valence-electron chi connectivity index (χ1n) is 11.7. The third-order valence-corrected chi connectivity index (χ3v) is 6.27. The van der Waals surface area contributed by atoms with Crippen LogP contribution in [0.1, 0.15) is 81.0 Å². The van der Waals surface area contributed by atoms with E-state index in [-0.39, 0.29) is 5.69 Å². The first-order valence-corrected chi connectivity index (χ1v) is 12.1. The summed E-state index contributed by atoms with van der Waals surface area (Å²) < 4.78 is 14.0. The average molecular weight is 444 g/mol. The molecule has 0 amide bonds. The zero-order valence-corrected chi connectivity index (χ0v) is 19.8. The second-order valence-electron chi connectivity index (χ2n) is 8.47. The molecule has 0 atom stereocenters. The molecule has 0 unspecified atom stereocenters. The van der Waals surface area contributed by atoms with E-state index in [1.807, 2.05) is 6.07 Å². The van der Waals surface area contributed by atoms with Gasteiger partial charge in [0.15, 0.2) is 5.82 Å². The van der Waals surface area contributed by atoms with Crippen LogP contribution < -0.4 is 0 Å². The fourth-order valence-corrected chi connectivity index (χ4v) is 4.32. The van der Waals surface area contributed by atoms with Gasteiger partial charge in [0.2, 0.25) is 0 Å². The molecule has 0 aromatic heterocycles. The lowest BCUT2D eigenvalue weighted by Crippen LogP contribution is -2.13. The van der Waals surface area contributed by atoms with Gasteiger partial charge in [-0.3, -0.25) is 0 Å². The van der Waals surface area contributed by atoms with Crippen molar-refractivity contribution in [2.75, 3.05) is 0 Å². The highest BCUT2D eigenvalue weighted by Crippen LogP contribution is 2.31. The van der Waals surface area contributed by atoms with Crippen LogP contribution in [0.5, 0.6) is 0 Å². The Labute approximate surface area is 197 Å². The van der Waals surface area contributed by atoms with Crippen molar-refractivity contribution in [3.63, 3.8) is 0 Å². The van der Waals surface area contributed by atoms with Crippen LogP contribution in [-0.4, -0.2) is 5.16 Å². The van der Waals surface area contributed by atoms with Crippen molar-refractivity contribution in [1.29, 1.82) is 0 Å². The SMILES string of the molecule is CCCCC1CCC(C#Cc2ccc(C#Cc3ccc(N=C=S)c(F)c3)cc2CC)CC1. The number of halogens is 1. The van der Waals surface area contributed by atoms with Gasteiger partial charge < -0.3 is 0 Å². The summed E-state index contributed by atoms with van der Waals surface area (Å²) in [7, 11) is 0. The van der Waals surface area contributed by atoms with Crippen LogP contribution in [0.3, 0.4) is 0 Å². The maximum atomic E-state index is 14.0. The molecule has 0 bridgehead atoms. The van der Waals surface area contributed by atoms with Crippen LogP contribution in [0, 0.1) is 41.3 Å². The van der Waals surface area contributed by atoms with Gasteiger partial charge in [-0.15, -0.1) is 0 Å². The second kappa shape index (κ2) is 12.4. The number of nitrogens with zero attached hydrogens (tertiary/aromatic N) is 1. The van der Waals surface area contributed by atoms with Crippen LogP contribution >= 0.6 is 12.2 Å². The van der Waals surface area contributed by atoms with Crippen molar-refractivity contribution < 1.29 is 4.39 Å². The zero-order valence-electron chi connectivity index (χ0n) is 19.0. The van der Waals surface area contributed by atoms with E-state index >= 15 is 0 Å². The summed E-state index contributed by atoms with van der Waals surface area (Å²) in [6.07, 6.45) is 10.1. The van der Waals surface area contributed by atoms with Gasteiger partial charge in [-0.05, 0) is 92.2 Å². The molecule has 164 valence electrons. The van der Waals surface area contributed by atoms with Gasteiger partial charge in [-0.1, -0.05) is 56.8 Å². The molecule has 0 radical (unpaired) electrons. The van der Waals surface area contributed by atoms with Gasteiger partial charge >= 0.3 is 0 Å². The second-order valence-corrected chi connectivity index (χ2v) is 8.66. The number of aliphatic imine (C=N–C) groups is 1. The Morgan fingerprint density at radius 1 is 0.969 bits per heavy atom. The molecule has 3 heteroatoms. The lowest BCUT2D eigenvalue weighted by Gasteiger charge is -2.25. The number of benzene rings is 2. The van der Waals surface area contributed by atoms with Gasteiger partial charge in [0.05, 0.1) is 5.16 Å². The summed E-state index contributed by atoms with van der Waals surface area (Å²) in [6.45, 7) is 4.41. The van der Waals surface area contributed by atoms with E-state index in [9.17, 15) is 4.39 Å². The van der Waals surface area contributed by atoms with Gasteiger partial charge in [0.1, 0.15) is 5.69 Å². The first-order chi connectivity index (χ1) is 15.6. The van der Waals surface area contributed by atoms with Crippen LogP contribution in [-0.2, 0) is 6.42 Å². The van der Waals surface area contributed by atoms with E-state index in [1.165, 1.54) is 56.6 Å². The molecule has 1 aliphatic carbocycles. The van der Waals surface area contributed by atoms with Crippen LogP contribution in [0.4, 0.5) is 10.1 Å². The molecule has 1 nitrogen and oxygen atoms in total. The summed E-state index contributed by atoms with van der Waals surface area (Å²) in [4.78, 5) is 3.69. The number of hydrogen-bond donors (Lipinski definition) is 0. The normalized spacial score (nSPS) is 17.3. The Morgan fingerprint density at radius 3 is 2.34 bits per heavy atom. The van der Waals surface area contributed by atoms with Gasteiger partial charge in [-0.2, -0.15) is 4.99 Å². The third kappa shape index (κ3) is 6.90. The molecule has 2 aromatic rings. The van der Waals surface area contributed by atoms with Crippen LogP contribution in [0.15, 0.2) is 41.4 Å². The van der Waals surface area contributed by atoms with Crippen molar-refractivity contribution in [3.8, 4) is 23.7 Å². The zero-order chi connectivity index (χ0) is 22.8. The van der Waals surface area contributed by atoms with E-state index < -0.39 is 5.82 Å². The Balaban J connectivity index is 1.68. The quantitative estimate of drug-likeness (QED) is 0.260. The Bertz CT molecular complexity index is 1100. The Morgan fingerprint density at radius 2 is 1.69 bits per heavy atom. The average Bonchev–Trinajstić information content (AvgIpc) is 2.82. The van der Waals surface area contributed by atoms with E-state index in [2.05, 4.69) is 72.0 Å². The topological polar surface area (TPSA) is 12.4 Å². The molecule has 1 saturated carbocycles. The monoisotopic (exact) mass is 443 g/mol. The lowest BCUT2D eigenvalue weighted by atomic mass is 9.80. The molecule has 0 aliphatic heterocycles. The van der Waals surface area contributed by atoms with Crippen LogP contribution in [0.25, 0.3) is 0 Å². The van der Waals surface area contributed by atoms with E-state index in [4.69, 9.17) is 0 Å². The van der Waals surface area contributed by atoms with Crippen molar-refractivity contribution in [3.05, 3.63) is 64.5 Å². The number of unbranched alkanes of at least 4 members (excludes halogenated alkanes) is 1. The predicted molar refractivity (Wildman–Crippen MR) is 135 cm³/mol. The van der Waals surface area contributed by atoms with E-state index in [0.29, 0.717) is 11.5 Å². The van der Waals surface area contributed by atoms with E-state index in [1.54, 1.807) is 12.1 Å². The Hall–Kier alpha value is -2.71. The van der Waals surface area contributed by atoms with Crippen LogP contribution in [0.2, 0.25) is 0 Å². The molecule has 0 N–H and O–H groups in total. The summed E-state index contributed by atoms with van der Waals surface area (Å²) in [5.74, 6) is 14.1. The molecule has 1 fully saturated rings. The molecule has 0 heterocycles. The molecule has 3 rings (SSSR count). The van der Waals surface area contributed by atoms with Crippen molar-refractivity contribution >= 4 is 23.1 Å². The fraction of sp³-hybridized carbons (Fsp3) is 0.414. The highest BCUT2D eigenvalue weighted by Gasteiger charge is 2.19. The highest BCUT2D eigenvalue weighted by atomic mass is 32.1.